The monoisotopic (exact) mass is 244 g/mol. The Labute approximate surface area is 107 Å². The molecule has 0 unspecified atom stereocenters. The van der Waals surface area contributed by atoms with Gasteiger partial charge in [0.2, 0.25) is 0 Å². The molecular weight excluding hydrogens is 228 g/mol. The van der Waals surface area contributed by atoms with Crippen molar-refractivity contribution in [1.82, 2.24) is 0 Å². The van der Waals surface area contributed by atoms with Crippen LogP contribution in [0.3, 0.4) is 0 Å². The molecule has 2 aromatic carbocycles. The quantitative estimate of drug-likeness (QED) is 0.841. The Hall–Kier alpha value is -1.41. The molecule has 0 saturated heterocycles. The molecule has 0 bridgehead atoms. The van der Waals surface area contributed by atoms with Crippen molar-refractivity contribution in [3.05, 3.63) is 53.1 Å². The van der Waals surface area contributed by atoms with Gasteiger partial charge in [0.05, 0.1) is 0 Å². The third kappa shape index (κ3) is 2.83. The molecule has 0 spiro atoms. The third-order valence-corrected chi connectivity index (χ3v) is 3.89. The number of benzene rings is 2. The summed E-state index contributed by atoms with van der Waals surface area (Å²) in [6.07, 6.45) is 0. The van der Waals surface area contributed by atoms with E-state index in [2.05, 4.69) is 32.0 Å². The smallest absolute Gasteiger partial charge is 0.118 e. The molecule has 0 aromatic heterocycles. The van der Waals surface area contributed by atoms with Crippen LogP contribution in [0.2, 0.25) is 0 Å². The van der Waals surface area contributed by atoms with Crippen LogP contribution in [0.15, 0.2) is 46.2 Å². The Morgan fingerprint density at radius 2 is 1.65 bits per heavy atom. The van der Waals surface area contributed by atoms with E-state index in [1.807, 2.05) is 19.1 Å². The second-order valence-electron chi connectivity index (χ2n) is 4.32. The van der Waals surface area contributed by atoms with Gasteiger partial charge < -0.3 is 5.11 Å². The van der Waals surface area contributed by atoms with Gasteiger partial charge in [-0.1, -0.05) is 23.9 Å². The minimum atomic E-state index is 0.357. The zero-order valence-electron chi connectivity index (χ0n) is 10.3. The van der Waals surface area contributed by atoms with E-state index in [1.54, 1.807) is 17.8 Å². The van der Waals surface area contributed by atoms with Crippen LogP contribution in [0, 0.1) is 20.8 Å². The predicted molar refractivity (Wildman–Crippen MR) is 72.9 cm³/mol. The second-order valence-corrected chi connectivity index (χ2v) is 5.43. The topological polar surface area (TPSA) is 20.2 Å². The largest absolute Gasteiger partial charge is 0.508 e. The second kappa shape index (κ2) is 4.84. The molecule has 2 heteroatoms. The van der Waals surface area contributed by atoms with Crippen LogP contribution >= 0.6 is 11.8 Å². The fraction of sp³-hybridized carbons (Fsp3) is 0.200. The van der Waals surface area contributed by atoms with E-state index < -0.39 is 0 Å². The lowest BCUT2D eigenvalue weighted by Crippen LogP contribution is -1.83. The predicted octanol–water partition coefficient (Wildman–Crippen LogP) is 4.47. The van der Waals surface area contributed by atoms with Crippen molar-refractivity contribution in [3.63, 3.8) is 0 Å². The number of phenolic OH excluding ortho intramolecular Hbond substituents is 1. The third-order valence-electron chi connectivity index (χ3n) is 2.74. The molecule has 1 nitrogen and oxygen atoms in total. The lowest BCUT2D eigenvalue weighted by Gasteiger charge is -2.08. The molecule has 0 aliphatic heterocycles. The molecule has 0 heterocycles. The van der Waals surface area contributed by atoms with Crippen molar-refractivity contribution in [2.75, 3.05) is 0 Å². The highest BCUT2D eigenvalue weighted by atomic mass is 32.2. The van der Waals surface area contributed by atoms with Gasteiger partial charge in [0.15, 0.2) is 0 Å². The van der Waals surface area contributed by atoms with Crippen molar-refractivity contribution in [1.29, 1.82) is 0 Å². The van der Waals surface area contributed by atoms with Crippen molar-refractivity contribution in [2.24, 2.45) is 0 Å². The molecule has 1 N–H and O–H groups in total. The fourth-order valence-electron chi connectivity index (χ4n) is 1.64. The number of hydrogen-bond acceptors (Lipinski definition) is 2. The van der Waals surface area contributed by atoms with E-state index in [0.29, 0.717) is 5.75 Å². The first-order chi connectivity index (χ1) is 8.06. The Bertz CT molecular complexity index is 547. The highest BCUT2D eigenvalue weighted by molar-refractivity contribution is 7.99. The number of aryl methyl sites for hydroxylation is 3. The number of rotatable bonds is 2. The Kier molecular flexibility index (Phi) is 3.43. The first-order valence-corrected chi connectivity index (χ1v) is 6.42. The summed E-state index contributed by atoms with van der Waals surface area (Å²) < 4.78 is 0. The number of hydrogen-bond donors (Lipinski definition) is 1. The SMILES string of the molecule is Cc1ccc(C)c(Sc2ccc(O)c(C)c2)c1. The van der Waals surface area contributed by atoms with Gasteiger partial charge in [0.25, 0.3) is 0 Å². The minimum absolute atomic E-state index is 0.357. The number of phenols is 1. The Morgan fingerprint density at radius 1 is 0.882 bits per heavy atom. The summed E-state index contributed by atoms with van der Waals surface area (Å²) in [7, 11) is 0. The van der Waals surface area contributed by atoms with E-state index in [4.69, 9.17) is 0 Å². The van der Waals surface area contributed by atoms with Crippen LogP contribution in [-0.4, -0.2) is 5.11 Å². The fourth-order valence-corrected chi connectivity index (χ4v) is 2.74. The normalized spacial score (nSPS) is 10.5. The average molecular weight is 244 g/mol. The molecule has 0 aliphatic carbocycles. The summed E-state index contributed by atoms with van der Waals surface area (Å²) >= 11 is 1.74. The van der Waals surface area contributed by atoms with Gasteiger partial charge in [0.1, 0.15) is 5.75 Å². The molecule has 0 aliphatic rings. The number of aromatic hydroxyl groups is 1. The molecule has 17 heavy (non-hydrogen) atoms. The van der Waals surface area contributed by atoms with Crippen LogP contribution in [0.4, 0.5) is 0 Å². The van der Waals surface area contributed by atoms with Gasteiger partial charge in [-0.15, -0.1) is 0 Å². The van der Waals surface area contributed by atoms with Gasteiger partial charge in [0, 0.05) is 9.79 Å². The van der Waals surface area contributed by atoms with E-state index in [-0.39, 0.29) is 0 Å². The van der Waals surface area contributed by atoms with E-state index in [1.165, 1.54) is 16.0 Å². The summed E-state index contributed by atoms with van der Waals surface area (Å²) in [5.74, 6) is 0.357. The highest BCUT2D eigenvalue weighted by Crippen LogP contribution is 2.33. The van der Waals surface area contributed by atoms with E-state index >= 15 is 0 Å². The van der Waals surface area contributed by atoms with Gasteiger partial charge in [-0.05, 0) is 61.7 Å². The van der Waals surface area contributed by atoms with Gasteiger partial charge in [-0.25, -0.2) is 0 Å². The van der Waals surface area contributed by atoms with E-state index in [0.717, 1.165) is 10.5 Å². The van der Waals surface area contributed by atoms with Gasteiger partial charge in [-0.3, -0.25) is 0 Å². The molecule has 88 valence electrons. The Balaban J connectivity index is 2.31. The van der Waals surface area contributed by atoms with Crippen LogP contribution in [-0.2, 0) is 0 Å². The molecule has 0 fully saturated rings. The maximum absolute atomic E-state index is 9.50. The van der Waals surface area contributed by atoms with Crippen LogP contribution in [0.25, 0.3) is 0 Å². The zero-order valence-corrected chi connectivity index (χ0v) is 11.1. The summed E-state index contributed by atoms with van der Waals surface area (Å²) in [4.78, 5) is 2.43. The summed E-state index contributed by atoms with van der Waals surface area (Å²) in [6, 6.07) is 12.2. The molecule has 2 aromatic rings. The van der Waals surface area contributed by atoms with Crippen LogP contribution in [0.5, 0.6) is 5.75 Å². The van der Waals surface area contributed by atoms with E-state index in [9.17, 15) is 5.11 Å². The van der Waals surface area contributed by atoms with Crippen LogP contribution < -0.4 is 0 Å². The maximum Gasteiger partial charge on any atom is 0.118 e. The first kappa shape index (κ1) is 12.1. The van der Waals surface area contributed by atoms with Gasteiger partial charge in [-0.2, -0.15) is 0 Å². The van der Waals surface area contributed by atoms with Crippen molar-refractivity contribution >= 4 is 11.8 Å². The molecule has 0 radical (unpaired) electrons. The lowest BCUT2D eigenvalue weighted by atomic mass is 10.2. The molecule has 2 rings (SSSR count). The maximum atomic E-state index is 9.50. The standard InChI is InChI=1S/C15H16OS/c1-10-4-5-11(2)15(8-10)17-13-6-7-14(16)12(3)9-13/h4-9,16H,1-3H3. The molecule has 0 saturated carbocycles. The van der Waals surface area contributed by atoms with Crippen molar-refractivity contribution in [3.8, 4) is 5.75 Å². The summed E-state index contributed by atoms with van der Waals surface area (Å²) in [5.41, 5.74) is 3.47. The van der Waals surface area contributed by atoms with Gasteiger partial charge >= 0.3 is 0 Å². The summed E-state index contributed by atoms with van der Waals surface area (Å²) in [6.45, 7) is 6.14. The zero-order chi connectivity index (χ0) is 12.4. The Morgan fingerprint density at radius 3 is 2.35 bits per heavy atom. The van der Waals surface area contributed by atoms with Crippen molar-refractivity contribution in [2.45, 2.75) is 30.6 Å². The lowest BCUT2D eigenvalue weighted by molar-refractivity contribution is 0.470. The van der Waals surface area contributed by atoms with Crippen LogP contribution in [0.1, 0.15) is 16.7 Å². The minimum Gasteiger partial charge on any atom is -0.508 e. The average Bonchev–Trinajstić information content (AvgIpc) is 2.29. The molecule has 0 amide bonds. The summed E-state index contributed by atoms with van der Waals surface area (Å²) in [5, 5.41) is 9.50. The highest BCUT2D eigenvalue weighted by Gasteiger charge is 2.03. The molecule has 0 atom stereocenters. The van der Waals surface area contributed by atoms with Crippen molar-refractivity contribution < 1.29 is 5.11 Å². The molecular formula is C15H16OS. The first-order valence-electron chi connectivity index (χ1n) is 5.61.